The number of non-ortho nitro benzene ring substituents is 1. The molecule has 0 heterocycles. The number of hydrogen-bond donors (Lipinski definition) is 1. The van der Waals surface area contributed by atoms with E-state index in [0.717, 1.165) is 11.6 Å². The summed E-state index contributed by atoms with van der Waals surface area (Å²) in [5, 5.41) is 39.5. The van der Waals surface area contributed by atoms with Crippen molar-refractivity contribution in [3.8, 4) is 12.1 Å². The monoisotopic (exact) mass is 392 g/mol. The highest BCUT2D eigenvalue weighted by Gasteiger charge is 2.14. The topological polar surface area (TPSA) is 154 Å². The lowest BCUT2D eigenvalue weighted by molar-refractivity contribution is -0.384. The fraction of sp³-hybridized carbons (Fsp3) is 0.211. The molecular formula is C19H16N6O4. The molecule has 0 saturated carbocycles. The molecule has 146 valence electrons. The van der Waals surface area contributed by atoms with Gasteiger partial charge in [-0.25, -0.2) is 4.79 Å². The molecule has 10 heteroatoms. The molecule has 1 N–H and O–H groups in total. The summed E-state index contributed by atoms with van der Waals surface area (Å²) >= 11 is 0. The van der Waals surface area contributed by atoms with Crippen molar-refractivity contribution in [2.75, 3.05) is 11.9 Å². The van der Waals surface area contributed by atoms with Gasteiger partial charge in [0.25, 0.3) is 5.69 Å². The molecule has 0 aliphatic heterocycles. The number of nitriles is 2. The first-order chi connectivity index (χ1) is 13.8. The van der Waals surface area contributed by atoms with Crippen LogP contribution in [0.3, 0.4) is 0 Å². The third kappa shape index (κ3) is 5.58. The number of nitrogens with one attached hydrogen (secondary N) is 1. The highest BCUT2D eigenvalue weighted by molar-refractivity contribution is 5.79. The first kappa shape index (κ1) is 21.0. The van der Waals surface area contributed by atoms with E-state index in [9.17, 15) is 14.9 Å². The summed E-state index contributed by atoms with van der Waals surface area (Å²) in [6.45, 7) is 3.09. The van der Waals surface area contributed by atoms with Crippen LogP contribution in [0.5, 0.6) is 0 Å². The van der Waals surface area contributed by atoms with Gasteiger partial charge in [-0.1, -0.05) is 0 Å². The molecule has 0 spiro atoms. The van der Waals surface area contributed by atoms with Gasteiger partial charge in [-0.15, -0.1) is 5.11 Å². The summed E-state index contributed by atoms with van der Waals surface area (Å²) in [5.74, 6) is -0.546. The minimum Gasteiger partial charge on any atom is -0.449 e. The van der Waals surface area contributed by atoms with Crippen LogP contribution in [0, 0.1) is 39.7 Å². The summed E-state index contributed by atoms with van der Waals surface area (Å²) in [4.78, 5) is 21.9. The molecule has 0 aromatic heterocycles. The third-order valence-electron chi connectivity index (χ3n) is 3.79. The average Bonchev–Trinajstić information content (AvgIpc) is 2.71. The Bertz CT molecular complexity index is 1050. The van der Waals surface area contributed by atoms with Crippen LogP contribution in [-0.2, 0) is 9.53 Å². The van der Waals surface area contributed by atoms with E-state index < -0.39 is 16.9 Å². The molecule has 1 atom stereocenters. The van der Waals surface area contributed by atoms with Crippen molar-refractivity contribution in [2.45, 2.75) is 19.9 Å². The van der Waals surface area contributed by atoms with Gasteiger partial charge in [0.2, 0.25) is 0 Å². The average molecular weight is 392 g/mol. The van der Waals surface area contributed by atoms with Crippen LogP contribution >= 0.6 is 0 Å². The molecule has 2 aromatic rings. The number of benzene rings is 2. The molecule has 29 heavy (non-hydrogen) atoms. The smallest absolute Gasteiger partial charge is 0.329 e. The number of ether oxygens (including phenoxy) is 1. The summed E-state index contributed by atoms with van der Waals surface area (Å²) in [6, 6.07) is 11.8. The first-order valence-corrected chi connectivity index (χ1v) is 8.36. The summed E-state index contributed by atoms with van der Waals surface area (Å²) < 4.78 is 4.75. The normalized spacial score (nSPS) is 11.3. The van der Waals surface area contributed by atoms with Crippen LogP contribution in [0.25, 0.3) is 0 Å². The number of esters is 1. The Balaban J connectivity index is 2.15. The molecule has 0 aliphatic carbocycles. The van der Waals surface area contributed by atoms with Gasteiger partial charge in [-0.3, -0.25) is 10.1 Å². The lowest BCUT2D eigenvalue weighted by Gasteiger charge is -2.14. The summed E-state index contributed by atoms with van der Waals surface area (Å²) in [6.07, 6.45) is 0. The maximum atomic E-state index is 11.7. The number of nitro groups is 1. The van der Waals surface area contributed by atoms with E-state index in [1.807, 2.05) is 6.07 Å². The SMILES string of the molecule is Cc1cc(NC(C)C(=O)OCC#N)ccc1N=Nc1ccc([N+](=O)[O-])cc1C#N. The molecule has 2 rings (SSSR count). The Morgan fingerprint density at radius 3 is 2.55 bits per heavy atom. The minimum atomic E-state index is -0.645. The number of aryl methyl sites for hydroxylation is 1. The Labute approximate surface area is 166 Å². The quantitative estimate of drug-likeness (QED) is 0.322. The highest BCUT2D eigenvalue weighted by atomic mass is 16.6. The number of hydrogen-bond acceptors (Lipinski definition) is 9. The predicted molar refractivity (Wildman–Crippen MR) is 103 cm³/mol. The van der Waals surface area contributed by atoms with Gasteiger partial charge in [0.05, 0.1) is 16.2 Å². The summed E-state index contributed by atoms with van der Waals surface area (Å²) in [5.41, 5.74) is 1.98. The van der Waals surface area contributed by atoms with Crippen LogP contribution in [0.4, 0.5) is 22.7 Å². The van der Waals surface area contributed by atoms with Crippen molar-refractivity contribution >= 4 is 28.7 Å². The first-order valence-electron chi connectivity index (χ1n) is 8.36. The van der Waals surface area contributed by atoms with Crippen LogP contribution in [0.15, 0.2) is 46.6 Å². The maximum Gasteiger partial charge on any atom is 0.329 e. The molecule has 2 aromatic carbocycles. The van der Waals surface area contributed by atoms with Crippen molar-refractivity contribution < 1.29 is 14.5 Å². The zero-order valence-electron chi connectivity index (χ0n) is 15.6. The Kier molecular flexibility index (Phi) is 6.93. The van der Waals surface area contributed by atoms with Gasteiger partial charge < -0.3 is 10.1 Å². The van der Waals surface area contributed by atoms with Crippen molar-refractivity contribution in [2.24, 2.45) is 10.2 Å². The molecule has 1 unspecified atom stereocenters. The van der Waals surface area contributed by atoms with Crippen molar-refractivity contribution in [1.82, 2.24) is 0 Å². The van der Waals surface area contributed by atoms with Crippen molar-refractivity contribution in [3.05, 3.63) is 57.6 Å². The van der Waals surface area contributed by atoms with E-state index in [1.54, 1.807) is 38.1 Å². The lowest BCUT2D eigenvalue weighted by atomic mass is 10.1. The number of azo groups is 1. The number of nitro benzene ring substituents is 1. The van der Waals surface area contributed by atoms with Crippen LogP contribution in [0.1, 0.15) is 18.1 Å². The second-order valence-corrected chi connectivity index (χ2v) is 5.90. The zero-order chi connectivity index (χ0) is 21.4. The van der Waals surface area contributed by atoms with E-state index in [1.165, 1.54) is 12.1 Å². The summed E-state index contributed by atoms with van der Waals surface area (Å²) in [7, 11) is 0. The lowest BCUT2D eigenvalue weighted by Crippen LogP contribution is -2.28. The van der Waals surface area contributed by atoms with Crippen LogP contribution in [0.2, 0.25) is 0 Å². The van der Waals surface area contributed by atoms with Crippen molar-refractivity contribution in [3.63, 3.8) is 0 Å². The van der Waals surface area contributed by atoms with E-state index in [-0.39, 0.29) is 23.5 Å². The fourth-order valence-corrected chi connectivity index (χ4v) is 2.32. The van der Waals surface area contributed by atoms with E-state index in [2.05, 4.69) is 15.5 Å². The minimum absolute atomic E-state index is 0.0450. The van der Waals surface area contributed by atoms with Crippen LogP contribution < -0.4 is 5.32 Å². The molecule has 0 bridgehead atoms. The van der Waals surface area contributed by atoms with Crippen LogP contribution in [-0.4, -0.2) is 23.5 Å². The van der Waals surface area contributed by atoms with Gasteiger partial charge in [-0.2, -0.15) is 15.6 Å². The largest absolute Gasteiger partial charge is 0.449 e. The maximum absolute atomic E-state index is 11.7. The van der Waals surface area contributed by atoms with Gasteiger partial charge >= 0.3 is 5.97 Å². The number of nitrogens with zero attached hydrogens (tertiary/aromatic N) is 5. The highest BCUT2D eigenvalue weighted by Crippen LogP contribution is 2.28. The predicted octanol–water partition coefficient (Wildman–Crippen LogP) is 4.06. The molecular weight excluding hydrogens is 376 g/mol. The zero-order valence-corrected chi connectivity index (χ0v) is 15.6. The van der Waals surface area contributed by atoms with E-state index in [0.29, 0.717) is 11.4 Å². The number of rotatable bonds is 7. The number of carbonyl (C=O) groups excluding carboxylic acids is 1. The second-order valence-electron chi connectivity index (χ2n) is 5.90. The van der Waals surface area contributed by atoms with Gasteiger partial charge in [0, 0.05) is 17.8 Å². The van der Waals surface area contributed by atoms with Gasteiger partial charge in [-0.05, 0) is 43.7 Å². The second kappa shape index (κ2) is 9.58. The molecule has 0 saturated heterocycles. The Morgan fingerprint density at radius 1 is 1.24 bits per heavy atom. The fourth-order valence-electron chi connectivity index (χ4n) is 2.32. The Morgan fingerprint density at radius 2 is 1.93 bits per heavy atom. The van der Waals surface area contributed by atoms with Crippen molar-refractivity contribution in [1.29, 1.82) is 10.5 Å². The Hall–Kier alpha value is -4.31. The molecule has 0 aliphatic rings. The molecule has 0 fully saturated rings. The van der Waals surface area contributed by atoms with E-state index >= 15 is 0 Å². The number of anilines is 1. The van der Waals surface area contributed by atoms with Gasteiger partial charge in [0.1, 0.15) is 23.9 Å². The molecule has 0 radical (unpaired) electrons. The standard InChI is InChI=1S/C19H16N6O4/c1-12-9-15(22-13(2)19(26)29-8-7-20)3-5-17(12)23-24-18-6-4-16(25(27)28)10-14(18)11-21/h3-6,9-10,13,22H,8H2,1-2H3. The van der Waals surface area contributed by atoms with E-state index in [4.69, 9.17) is 15.3 Å². The van der Waals surface area contributed by atoms with Gasteiger partial charge in [0.15, 0.2) is 6.61 Å². The molecule has 10 nitrogen and oxygen atoms in total. The molecule has 0 amide bonds. The number of carbonyl (C=O) groups is 1. The third-order valence-corrected chi connectivity index (χ3v) is 3.79.